The van der Waals surface area contributed by atoms with E-state index >= 15 is 0 Å². The number of likely N-dealkylation sites (tertiary alicyclic amines) is 1. The van der Waals surface area contributed by atoms with Gasteiger partial charge in [-0.15, -0.1) is 0 Å². The molecule has 3 nitrogen and oxygen atoms in total. The topological polar surface area (TPSA) is 29.5 Å². The molecule has 0 aliphatic carbocycles. The van der Waals surface area contributed by atoms with Crippen LogP contribution in [-0.2, 0) is 9.53 Å². The predicted molar refractivity (Wildman–Crippen MR) is 101 cm³/mol. The molecule has 2 aromatic carbocycles. The molecule has 1 heterocycles. The fourth-order valence-electron chi connectivity index (χ4n) is 3.50. The van der Waals surface area contributed by atoms with Gasteiger partial charge in [-0.2, -0.15) is 0 Å². The van der Waals surface area contributed by atoms with Crippen LogP contribution >= 0.6 is 11.6 Å². The number of amides is 1. The molecule has 1 fully saturated rings. The number of hydrogen-bond acceptors (Lipinski definition) is 2. The SMILES string of the molecule is COC1CCN(C(=O)C[C@@H](c2ccccc2)c2ccccc2Cl)CC1. The Morgan fingerprint density at radius 3 is 2.40 bits per heavy atom. The number of benzene rings is 2. The summed E-state index contributed by atoms with van der Waals surface area (Å²) in [5.74, 6) is 0.158. The highest BCUT2D eigenvalue weighted by molar-refractivity contribution is 6.31. The summed E-state index contributed by atoms with van der Waals surface area (Å²) in [5, 5.41) is 0.710. The molecular weight excluding hydrogens is 334 g/mol. The van der Waals surface area contributed by atoms with Gasteiger partial charge in [0.15, 0.2) is 0 Å². The van der Waals surface area contributed by atoms with E-state index in [1.54, 1.807) is 7.11 Å². The summed E-state index contributed by atoms with van der Waals surface area (Å²) < 4.78 is 5.40. The van der Waals surface area contributed by atoms with Crippen molar-refractivity contribution in [1.29, 1.82) is 0 Å². The Morgan fingerprint density at radius 2 is 1.76 bits per heavy atom. The van der Waals surface area contributed by atoms with Crippen molar-refractivity contribution in [3.63, 3.8) is 0 Å². The average Bonchev–Trinajstić information content (AvgIpc) is 2.67. The minimum atomic E-state index is -0.0254. The van der Waals surface area contributed by atoms with E-state index in [2.05, 4.69) is 12.1 Å². The van der Waals surface area contributed by atoms with E-state index in [0.717, 1.165) is 37.1 Å². The quantitative estimate of drug-likeness (QED) is 0.788. The molecule has 25 heavy (non-hydrogen) atoms. The van der Waals surface area contributed by atoms with Gasteiger partial charge in [-0.05, 0) is 30.0 Å². The second kappa shape index (κ2) is 8.50. The maximum Gasteiger partial charge on any atom is 0.223 e. The molecule has 4 heteroatoms. The lowest BCUT2D eigenvalue weighted by Crippen LogP contribution is -2.41. The van der Waals surface area contributed by atoms with Gasteiger partial charge in [-0.3, -0.25) is 4.79 Å². The first-order valence-corrected chi connectivity index (χ1v) is 9.16. The molecule has 1 aliphatic heterocycles. The van der Waals surface area contributed by atoms with Gasteiger partial charge >= 0.3 is 0 Å². The van der Waals surface area contributed by atoms with Crippen LogP contribution in [0.2, 0.25) is 5.02 Å². The van der Waals surface area contributed by atoms with E-state index < -0.39 is 0 Å². The third kappa shape index (κ3) is 4.42. The fraction of sp³-hybridized carbons (Fsp3) is 0.381. The van der Waals surface area contributed by atoms with Crippen molar-refractivity contribution in [2.45, 2.75) is 31.3 Å². The minimum Gasteiger partial charge on any atom is -0.381 e. The third-order valence-electron chi connectivity index (χ3n) is 4.99. The maximum absolute atomic E-state index is 12.9. The number of piperidine rings is 1. The van der Waals surface area contributed by atoms with Crippen molar-refractivity contribution in [2.24, 2.45) is 0 Å². The number of methoxy groups -OCH3 is 1. The van der Waals surface area contributed by atoms with Gasteiger partial charge in [0.05, 0.1) is 6.10 Å². The summed E-state index contributed by atoms with van der Waals surface area (Å²) in [7, 11) is 1.74. The number of ether oxygens (including phenoxy) is 1. The Kier molecular flexibility index (Phi) is 6.11. The molecule has 132 valence electrons. The minimum absolute atomic E-state index is 0.0254. The van der Waals surface area contributed by atoms with Crippen molar-refractivity contribution in [3.05, 3.63) is 70.7 Å². The molecule has 1 aliphatic rings. The summed E-state index contributed by atoms with van der Waals surface area (Å²) in [6, 6.07) is 17.9. The molecule has 0 saturated carbocycles. The van der Waals surface area contributed by atoms with Crippen LogP contribution in [0.4, 0.5) is 0 Å². The van der Waals surface area contributed by atoms with Gasteiger partial charge in [0.25, 0.3) is 0 Å². The molecule has 0 unspecified atom stereocenters. The lowest BCUT2D eigenvalue weighted by Gasteiger charge is -2.32. The molecule has 0 aromatic heterocycles. The predicted octanol–water partition coefficient (Wildman–Crippen LogP) is 4.50. The van der Waals surface area contributed by atoms with Crippen LogP contribution in [0.1, 0.15) is 36.3 Å². The highest BCUT2D eigenvalue weighted by atomic mass is 35.5. The highest BCUT2D eigenvalue weighted by Crippen LogP contribution is 2.33. The lowest BCUT2D eigenvalue weighted by molar-refractivity contribution is -0.133. The average molecular weight is 358 g/mol. The number of rotatable bonds is 5. The zero-order valence-corrected chi connectivity index (χ0v) is 15.3. The van der Waals surface area contributed by atoms with Crippen molar-refractivity contribution in [1.82, 2.24) is 4.90 Å². The van der Waals surface area contributed by atoms with Gasteiger partial charge in [-0.25, -0.2) is 0 Å². The van der Waals surface area contributed by atoms with Crippen LogP contribution in [0.15, 0.2) is 54.6 Å². The molecule has 3 rings (SSSR count). The summed E-state index contributed by atoms with van der Waals surface area (Å²) in [5.41, 5.74) is 2.13. The Labute approximate surface area is 154 Å². The first kappa shape index (κ1) is 18.0. The van der Waals surface area contributed by atoms with Gasteiger partial charge in [0, 0.05) is 37.6 Å². The Bertz CT molecular complexity index is 696. The zero-order chi connectivity index (χ0) is 17.6. The van der Waals surface area contributed by atoms with Gasteiger partial charge < -0.3 is 9.64 Å². The number of carbonyl (C=O) groups excluding carboxylic acids is 1. The van der Waals surface area contributed by atoms with E-state index in [4.69, 9.17) is 16.3 Å². The van der Waals surface area contributed by atoms with Crippen LogP contribution in [-0.4, -0.2) is 37.1 Å². The van der Waals surface area contributed by atoms with Crippen molar-refractivity contribution < 1.29 is 9.53 Å². The number of carbonyl (C=O) groups is 1. The molecule has 1 saturated heterocycles. The molecule has 0 bridgehead atoms. The molecule has 1 atom stereocenters. The largest absolute Gasteiger partial charge is 0.381 e. The highest BCUT2D eigenvalue weighted by Gasteiger charge is 2.26. The molecule has 0 radical (unpaired) electrons. The van der Waals surface area contributed by atoms with Gasteiger partial charge in [-0.1, -0.05) is 60.1 Å². The van der Waals surface area contributed by atoms with Crippen LogP contribution in [0.5, 0.6) is 0 Å². The summed E-state index contributed by atoms with van der Waals surface area (Å²) in [6.45, 7) is 1.53. The standard InChI is InChI=1S/C21H24ClNO2/c1-25-17-11-13-23(14-12-17)21(24)15-19(16-7-3-2-4-8-16)18-9-5-6-10-20(18)22/h2-10,17,19H,11-15H2,1H3/t19-/m0/s1. The number of halogens is 1. The second-order valence-electron chi connectivity index (χ2n) is 6.50. The third-order valence-corrected chi connectivity index (χ3v) is 5.33. The van der Waals surface area contributed by atoms with Crippen LogP contribution in [0.25, 0.3) is 0 Å². The van der Waals surface area contributed by atoms with Crippen LogP contribution < -0.4 is 0 Å². The Morgan fingerprint density at radius 1 is 1.12 bits per heavy atom. The molecule has 1 amide bonds. The van der Waals surface area contributed by atoms with Crippen LogP contribution in [0, 0.1) is 0 Å². The van der Waals surface area contributed by atoms with Gasteiger partial charge in [0.2, 0.25) is 5.91 Å². The number of hydrogen-bond donors (Lipinski definition) is 0. The smallest absolute Gasteiger partial charge is 0.223 e. The fourth-order valence-corrected chi connectivity index (χ4v) is 3.76. The second-order valence-corrected chi connectivity index (χ2v) is 6.91. The van der Waals surface area contributed by atoms with E-state index in [1.165, 1.54) is 0 Å². The lowest BCUT2D eigenvalue weighted by atomic mass is 9.88. The van der Waals surface area contributed by atoms with Crippen molar-refractivity contribution >= 4 is 17.5 Å². The molecule has 0 spiro atoms. The Hall–Kier alpha value is -1.84. The molecular formula is C21H24ClNO2. The van der Waals surface area contributed by atoms with E-state index in [0.29, 0.717) is 11.4 Å². The van der Waals surface area contributed by atoms with Crippen molar-refractivity contribution in [3.8, 4) is 0 Å². The summed E-state index contributed by atoms with van der Waals surface area (Å²) in [4.78, 5) is 14.9. The van der Waals surface area contributed by atoms with E-state index in [1.807, 2.05) is 47.4 Å². The monoisotopic (exact) mass is 357 g/mol. The Balaban J connectivity index is 1.79. The summed E-state index contributed by atoms with van der Waals surface area (Å²) in [6.07, 6.45) is 2.53. The van der Waals surface area contributed by atoms with E-state index in [9.17, 15) is 4.79 Å². The normalized spacial score (nSPS) is 16.6. The van der Waals surface area contributed by atoms with Crippen molar-refractivity contribution in [2.75, 3.05) is 20.2 Å². The first-order chi connectivity index (χ1) is 12.2. The first-order valence-electron chi connectivity index (χ1n) is 8.79. The number of nitrogens with zero attached hydrogens (tertiary/aromatic N) is 1. The van der Waals surface area contributed by atoms with E-state index in [-0.39, 0.29) is 17.9 Å². The summed E-state index contributed by atoms with van der Waals surface area (Å²) >= 11 is 6.43. The van der Waals surface area contributed by atoms with Crippen LogP contribution in [0.3, 0.4) is 0 Å². The maximum atomic E-state index is 12.9. The molecule has 0 N–H and O–H groups in total. The molecule has 2 aromatic rings. The van der Waals surface area contributed by atoms with Gasteiger partial charge in [0.1, 0.15) is 0 Å². The zero-order valence-electron chi connectivity index (χ0n) is 14.5.